The number of rotatable bonds is 1. The predicted molar refractivity (Wildman–Crippen MR) is 51.3 cm³/mol. The Labute approximate surface area is 78.3 Å². The molecule has 0 unspecified atom stereocenters. The van der Waals surface area contributed by atoms with Crippen molar-refractivity contribution >= 4 is 12.1 Å². The fraction of sp³-hybridized carbons (Fsp3) is 0.455. The molecule has 0 aromatic rings. The molecule has 0 saturated carbocycles. The zero-order valence-corrected chi connectivity index (χ0v) is 8.26. The first-order chi connectivity index (χ1) is 5.97. The molecule has 1 aliphatic rings. The van der Waals surface area contributed by atoms with Gasteiger partial charge in [-0.25, -0.2) is 0 Å². The Balaban J connectivity index is 3.08. The van der Waals surface area contributed by atoms with E-state index in [9.17, 15) is 9.59 Å². The minimum Gasteiger partial charge on any atom is -0.299 e. The summed E-state index contributed by atoms with van der Waals surface area (Å²) in [6, 6.07) is 0. The number of aldehydes is 1. The SMILES string of the molecule is CC1=C/C(=C/C=O)CC(C)(C)C1=O. The topological polar surface area (TPSA) is 34.1 Å². The van der Waals surface area contributed by atoms with Crippen molar-refractivity contribution in [1.29, 1.82) is 0 Å². The quantitative estimate of drug-likeness (QED) is 0.455. The fourth-order valence-corrected chi connectivity index (χ4v) is 1.71. The molecule has 70 valence electrons. The summed E-state index contributed by atoms with van der Waals surface area (Å²) in [5.41, 5.74) is 1.33. The standard InChI is InChI=1S/C11H14O2/c1-8-6-9(4-5-12)7-11(2,3)10(8)13/h4-6H,7H2,1-3H3/b9-4-. The summed E-state index contributed by atoms with van der Waals surface area (Å²) in [5.74, 6) is 0.176. The Morgan fingerprint density at radius 3 is 2.54 bits per heavy atom. The highest BCUT2D eigenvalue weighted by Crippen LogP contribution is 2.34. The maximum Gasteiger partial charge on any atom is 0.164 e. The van der Waals surface area contributed by atoms with E-state index >= 15 is 0 Å². The summed E-state index contributed by atoms with van der Waals surface area (Å²) in [4.78, 5) is 21.9. The van der Waals surface area contributed by atoms with E-state index in [1.807, 2.05) is 13.8 Å². The smallest absolute Gasteiger partial charge is 0.164 e. The van der Waals surface area contributed by atoms with Crippen LogP contribution in [0.1, 0.15) is 27.2 Å². The average Bonchev–Trinajstić information content (AvgIpc) is 2.00. The normalized spacial score (nSPS) is 24.4. The molecule has 0 atom stereocenters. The van der Waals surface area contributed by atoms with Crippen molar-refractivity contribution < 1.29 is 9.59 Å². The van der Waals surface area contributed by atoms with Crippen molar-refractivity contribution in [2.45, 2.75) is 27.2 Å². The molecule has 13 heavy (non-hydrogen) atoms. The minimum atomic E-state index is -0.353. The number of ketones is 1. The minimum absolute atomic E-state index is 0.176. The lowest BCUT2D eigenvalue weighted by atomic mass is 9.74. The maximum atomic E-state index is 11.6. The lowest BCUT2D eigenvalue weighted by Crippen LogP contribution is -2.28. The molecule has 0 aromatic carbocycles. The molecule has 0 heterocycles. The Morgan fingerprint density at radius 2 is 2.08 bits per heavy atom. The van der Waals surface area contributed by atoms with Crippen LogP contribution in [0.4, 0.5) is 0 Å². The van der Waals surface area contributed by atoms with Crippen molar-refractivity contribution in [3.8, 4) is 0 Å². The van der Waals surface area contributed by atoms with E-state index in [-0.39, 0.29) is 11.2 Å². The number of carbonyl (C=O) groups is 2. The van der Waals surface area contributed by atoms with Crippen LogP contribution in [0, 0.1) is 5.41 Å². The van der Waals surface area contributed by atoms with E-state index in [1.165, 1.54) is 6.08 Å². The van der Waals surface area contributed by atoms with E-state index in [0.29, 0.717) is 6.42 Å². The molecule has 1 rings (SSSR count). The van der Waals surface area contributed by atoms with Crippen LogP contribution >= 0.6 is 0 Å². The molecule has 2 nitrogen and oxygen atoms in total. The van der Waals surface area contributed by atoms with Crippen LogP contribution in [0.15, 0.2) is 23.3 Å². The predicted octanol–water partition coefficient (Wildman–Crippen LogP) is 2.06. The van der Waals surface area contributed by atoms with Gasteiger partial charge in [-0.05, 0) is 30.6 Å². The molecule has 0 radical (unpaired) electrons. The maximum absolute atomic E-state index is 11.6. The summed E-state index contributed by atoms with van der Waals surface area (Å²) < 4.78 is 0. The van der Waals surface area contributed by atoms with E-state index in [1.54, 1.807) is 13.0 Å². The Bertz CT molecular complexity index is 306. The Hall–Kier alpha value is -1.18. The van der Waals surface area contributed by atoms with Gasteiger partial charge in [-0.3, -0.25) is 9.59 Å². The summed E-state index contributed by atoms with van der Waals surface area (Å²) in [6.07, 6.45) is 4.74. The third kappa shape index (κ3) is 1.94. The Morgan fingerprint density at radius 1 is 1.46 bits per heavy atom. The van der Waals surface area contributed by atoms with Crippen LogP contribution in [0.25, 0.3) is 0 Å². The van der Waals surface area contributed by atoms with Crippen LogP contribution in [0.2, 0.25) is 0 Å². The number of hydrogen-bond acceptors (Lipinski definition) is 2. The molecule has 0 bridgehead atoms. The van der Waals surface area contributed by atoms with E-state index in [2.05, 4.69) is 0 Å². The molecule has 1 aliphatic carbocycles. The van der Waals surface area contributed by atoms with Gasteiger partial charge in [0.05, 0.1) is 0 Å². The average molecular weight is 178 g/mol. The summed E-state index contributed by atoms with van der Waals surface area (Å²) in [7, 11) is 0. The number of Topliss-reactive ketones (excluding diaryl/α,β-unsaturated/α-hetero) is 1. The third-order valence-electron chi connectivity index (χ3n) is 2.30. The van der Waals surface area contributed by atoms with Gasteiger partial charge in [0, 0.05) is 5.41 Å². The largest absolute Gasteiger partial charge is 0.299 e. The lowest BCUT2D eigenvalue weighted by molar-refractivity contribution is -0.123. The third-order valence-corrected chi connectivity index (χ3v) is 2.30. The van der Waals surface area contributed by atoms with Crippen molar-refractivity contribution in [3.05, 3.63) is 23.3 Å². The highest BCUT2D eigenvalue weighted by Gasteiger charge is 2.32. The van der Waals surface area contributed by atoms with Gasteiger partial charge in [0.25, 0.3) is 0 Å². The van der Waals surface area contributed by atoms with Gasteiger partial charge in [-0.15, -0.1) is 0 Å². The number of carbonyl (C=O) groups excluding carboxylic acids is 2. The van der Waals surface area contributed by atoms with E-state index in [4.69, 9.17) is 0 Å². The van der Waals surface area contributed by atoms with Crippen LogP contribution in [0.3, 0.4) is 0 Å². The Kier molecular flexibility index (Phi) is 2.50. The van der Waals surface area contributed by atoms with Gasteiger partial charge >= 0.3 is 0 Å². The molecule has 0 fully saturated rings. The highest BCUT2D eigenvalue weighted by molar-refractivity contribution is 6.01. The van der Waals surface area contributed by atoms with Gasteiger partial charge in [0.15, 0.2) is 5.78 Å². The van der Waals surface area contributed by atoms with E-state index < -0.39 is 0 Å². The molecule has 0 spiro atoms. The van der Waals surface area contributed by atoms with Crippen molar-refractivity contribution in [3.63, 3.8) is 0 Å². The summed E-state index contributed by atoms with van der Waals surface area (Å²) >= 11 is 0. The van der Waals surface area contributed by atoms with Crippen molar-refractivity contribution in [2.75, 3.05) is 0 Å². The fourth-order valence-electron chi connectivity index (χ4n) is 1.71. The molecule has 0 aliphatic heterocycles. The first-order valence-electron chi connectivity index (χ1n) is 4.35. The molecular formula is C11H14O2. The molecule has 2 heteroatoms. The molecule has 0 amide bonds. The number of hydrogen-bond donors (Lipinski definition) is 0. The van der Waals surface area contributed by atoms with Gasteiger partial charge in [0.2, 0.25) is 0 Å². The second-order valence-electron chi connectivity index (χ2n) is 4.09. The van der Waals surface area contributed by atoms with Crippen LogP contribution in [-0.2, 0) is 9.59 Å². The molecular weight excluding hydrogens is 164 g/mol. The molecule has 0 saturated heterocycles. The number of allylic oxidation sites excluding steroid dienone is 4. The molecule has 0 aromatic heterocycles. The summed E-state index contributed by atoms with van der Waals surface area (Å²) in [5, 5.41) is 0. The second kappa shape index (κ2) is 3.29. The van der Waals surface area contributed by atoms with Gasteiger partial charge in [-0.2, -0.15) is 0 Å². The van der Waals surface area contributed by atoms with Gasteiger partial charge in [-0.1, -0.05) is 19.9 Å². The second-order valence-corrected chi connectivity index (χ2v) is 4.09. The first-order valence-corrected chi connectivity index (χ1v) is 4.35. The van der Waals surface area contributed by atoms with Crippen LogP contribution in [-0.4, -0.2) is 12.1 Å². The van der Waals surface area contributed by atoms with Gasteiger partial charge in [0.1, 0.15) is 6.29 Å². The zero-order valence-electron chi connectivity index (χ0n) is 8.26. The monoisotopic (exact) mass is 178 g/mol. The van der Waals surface area contributed by atoms with E-state index in [0.717, 1.165) is 17.4 Å². The van der Waals surface area contributed by atoms with Crippen LogP contribution in [0.5, 0.6) is 0 Å². The lowest BCUT2D eigenvalue weighted by Gasteiger charge is -2.28. The highest BCUT2D eigenvalue weighted by atomic mass is 16.1. The summed E-state index contributed by atoms with van der Waals surface area (Å²) in [6.45, 7) is 5.61. The van der Waals surface area contributed by atoms with Crippen molar-refractivity contribution in [1.82, 2.24) is 0 Å². The van der Waals surface area contributed by atoms with Crippen molar-refractivity contribution in [2.24, 2.45) is 5.41 Å². The van der Waals surface area contributed by atoms with Gasteiger partial charge < -0.3 is 0 Å². The zero-order chi connectivity index (χ0) is 10.1. The van der Waals surface area contributed by atoms with Crippen LogP contribution < -0.4 is 0 Å². The molecule has 0 N–H and O–H groups in total. The first kappa shape index (κ1) is 9.90.